The van der Waals surface area contributed by atoms with Crippen molar-refractivity contribution < 1.29 is 9.84 Å². The van der Waals surface area contributed by atoms with Crippen LogP contribution in [0.4, 0.5) is 0 Å². The summed E-state index contributed by atoms with van der Waals surface area (Å²) in [6, 6.07) is 18.1. The number of fused-ring (bicyclic) bond motifs is 1. The van der Waals surface area contributed by atoms with Gasteiger partial charge in [0.15, 0.2) is 0 Å². The molecule has 0 atom stereocenters. The lowest BCUT2D eigenvalue weighted by Gasteiger charge is -2.07. The average Bonchev–Trinajstić information content (AvgIpc) is 2.89. The predicted octanol–water partition coefficient (Wildman–Crippen LogP) is 3.28. The molecule has 0 unspecified atom stereocenters. The standard InChI is InChI=1S/C17H17NO2/c19-10-9-14-11-15-16(18-14)7-4-8-17(15)20-12-13-5-2-1-3-6-13/h1-8,11,18-19H,9-10,12H2. The highest BCUT2D eigenvalue weighted by Gasteiger charge is 2.06. The number of aliphatic hydroxyl groups excluding tert-OH is 1. The van der Waals surface area contributed by atoms with Crippen molar-refractivity contribution in [3.05, 3.63) is 65.9 Å². The molecule has 0 spiro atoms. The van der Waals surface area contributed by atoms with Crippen molar-refractivity contribution in [3.63, 3.8) is 0 Å². The van der Waals surface area contributed by atoms with E-state index >= 15 is 0 Å². The van der Waals surface area contributed by atoms with Crippen LogP contribution >= 0.6 is 0 Å². The molecule has 102 valence electrons. The Bertz CT molecular complexity index is 689. The lowest BCUT2D eigenvalue weighted by atomic mass is 10.2. The Morgan fingerprint density at radius 3 is 2.65 bits per heavy atom. The van der Waals surface area contributed by atoms with Crippen LogP contribution in [0.1, 0.15) is 11.3 Å². The van der Waals surface area contributed by atoms with E-state index in [1.54, 1.807) is 0 Å². The van der Waals surface area contributed by atoms with E-state index in [1.165, 1.54) is 0 Å². The van der Waals surface area contributed by atoms with Gasteiger partial charge in [-0.15, -0.1) is 0 Å². The van der Waals surface area contributed by atoms with Crippen LogP contribution in [0.2, 0.25) is 0 Å². The molecule has 0 fully saturated rings. The number of hydrogen-bond acceptors (Lipinski definition) is 2. The number of hydrogen-bond donors (Lipinski definition) is 2. The molecule has 20 heavy (non-hydrogen) atoms. The molecule has 0 amide bonds. The van der Waals surface area contributed by atoms with Gasteiger partial charge in [-0.05, 0) is 23.8 Å². The molecule has 0 bridgehead atoms. The summed E-state index contributed by atoms with van der Waals surface area (Å²) in [6.45, 7) is 0.702. The van der Waals surface area contributed by atoms with Gasteiger partial charge in [-0.1, -0.05) is 36.4 Å². The van der Waals surface area contributed by atoms with E-state index in [9.17, 15) is 0 Å². The van der Waals surface area contributed by atoms with Crippen molar-refractivity contribution in [3.8, 4) is 5.75 Å². The largest absolute Gasteiger partial charge is 0.488 e. The van der Waals surface area contributed by atoms with Crippen molar-refractivity contribution >= 4 is 10.9 Å². The van der Waals surface area contributed by atoms with Crippen molar-refractivity contribution in [2.45, 2.75) is 13.0 Å². The summed E-state index contributed by atoms with van der Waals surface area (Å²) in [7, 11) is 0. The predicted molar refractivity (Wildman–Crippen MR) is 79.9 cm³/mol. The molecule has 0 saturated heterocycles. The maximum Gasteiger partial charge on any atom is 0.129 e. The first kappa shape index (κ1) is 12.8. The number of aromatic amines is 1. The van der Waals surface area contributed by atoms with Gasteiger partial charge in [0.05, 0.1) is 0 Å². The Morgan fingerprint density at radius 1 is 1.00 bits per heavy atom. The van der Waals surface area contributed by atoms with E-state index in [0.717, 1.165) is 27.9 Å². The van der Waals surface area contributed by atoms with Crippen molar-refractivity contribution in [2.24, 2.45) is 0 Å². The number of aliphatic hydroxyl groups is 1. The van der Waals surface area contributed by atoms with E-state index in [0.29, 0.717) is 13.0 Å². The van der Waals surface area contributed by atoms with Gasteiger partial charge in [0.25, 0.3) is 0 Å². The second-order valence-corrected chi connectivity index (χ2v) is 4.76. The summed E-state index contributed by atoms with van der Waals surface area (Å²) in [4.78, 5) is 3.30. The number of ether oxygens (including phenoxy) is 1. The lowest BCUT2D eigenvalue weighted by molar-refractivity contribution is 0.298. The van der Waals surface area contributed by atoms with Crippen LogP contribution < -0.4 is 4.74 Å². The SMILES string of the molecule is OCCc1cc2c(OCc3ccccc3)cccc2[nH]1. The summed E-state index contributed by atoms with van der Waals surface area (Å²) in [5, 5.41) is 10.1. The van der Waals surface area contributed by atoms with Gasteiger partial charge in [-0.3, -0.25) is 0 Å². The minimum Gasteiger partial charge on any atom is -0.488 e. The molecular weight excluding hydrogens is 250 g/mol. The molecular formula is C17H17NO2. The highest BCUT2D eigenvalue weighted by molar-refractivity contribution is 5.86. The Labute approximate surface area is 117 Å². The fraction of sp³-hybridized carbons (Fsp3) is 0.176. The number of aromatic nitrogens is 1. The highest BCUT2D eigenvalue weighted by Crippen LogP contribution is 2.27. The van der Waals surface area contributed by atoms with Crippen molar-refractivity contribution in [2.75, 3.05) is 6.61 Å². The number of nitrogens with one attached hydrogen (secondary N) is 1. The quantitative estimate of drug-likeness (QED) is 0.745. The van der Waals surface area contributed by atoms with Crippen LogP contribution in [0.25, 0.3) is 10.9 Å². The van der Waals surface area contributed by atoms with Crippen LogP contribution in [0.5, 0.6) is 5.75 Å². The van der Waals surface area contributed by atoms with Crippen LogP contribution in [0.3, 0.4) is 0 Å². The molecule has 3 aromatic rings. The zero-order valence-corrected chi connectivity index (χ0v) is 11.2. The van der Waals surface area contributed by atoms with Crippen LogP contribution in [0, 0.1) is 0 Å². The fourth-order valence-electron chi connectivity index (χ4n) is 2.30. The minimum atomic E-state index is 0.146. The zero-order valence-electron chi connectivity index (χ0n) is 11.2. The number of H-pyrrole nitrogens is 1. The van der Waals surface area contributed by atoms with Gasteiger partial charge in [0.1, 0.15) is 12.4 Å². The van der Waals surface area contributed by atoms with Gasteiger partial charge >= 0.3 is 0 Å². The van der Waals surface area contributed by atoms with Gasteiger partial charge in [0.2, 0.25) is 0 Å². The molecule has 0 aliphatic carbocycles. The van der Waals surface area contributed by atoms with E-state index < -0.39 is 0 Å². The van der Waals surface area contributed by atoms with Gasteiger partial charge in [-0.2, -0.15) is 0 Å². The molecule has 2 aromatic carbocycles. The topological polar surface area (TPSA) is 45.2 Å². The van der Waals surface area contributed by atoms with E-state index in [4.69, 9.17) is 9.84 Å². The summed E-state index contributed by atoms with van der Waals surface area (Å²) in [5.41, 5.74) is 3.22. The van der Waals surface area contributed by atoms with E-state index in [1.807, 2.05) is 42.5 Å². The Kier molecular flexibility index (Phi) is 3.70. The third kappa shape index (κ3) is 2.68. The third-order valence-electron chi connectivity index (χ3n) is 3.30. The van der Waals surface area contributed by atoms with Crippen molar-refractivity contribution in [1.29, 1.82) is 0 Å². The summed E-state index contributed by atoms with van der Waals surface area (Å²) >= 11 is 0. The second kappa shape index (κ2) is 5.80. The molecule has 0 saturated carbocycles. The Hall–Kier alpha value is -2.26. The maximum absolute atomic E-state index is 9.01. The number of rotatable bonds is 5. The summed E-state index contributed by atoms with van der Waals surface area (Å²) < 4.78 is 5.91. The minimum absolute atomic E-state index is 0.146. The molecule has 2 N–H and O–H groups in total. The molecule has 0 aliphatic heterocycles. The molecule has 0 radical (unpaired) electrons. The van der Waals surface area contributed by atoms with Gasteiger partial charge < -0.3 is 14.8 Å². The molecule has 1 heterocycles. The fourth-order valence-corrected chi connectivity index (χ4v) is 2.30. The molecule has 0 aliphatic rings. The lowest BCUT2D eigenvalue weighted by Crippen LogP contribution is -1.95. The van der Waals surface area contributed by atoms with E-state index in [2.05, 4.69) is 17.1 Å². The molecule has 3 rings (SSSR count). The maximum atomic E-state index is 9.01. The monoisotopic (exact) mass is 267 g/mol. The van der Waals surface area contributed by atoms with Crippen molar-refractivity contribution in [1.82, 2.24) is 4.98 Å². The molecule has 3 nitrogen and oxygen atoms in total. The third-order valence-corrected chi connectivity index (χ3v) is 3.30. The highest BCUT2D eigenvalue weighted by atomic mass is 16.5. The first-order chi connectivity index (χ1) is 9.86. The van der Waals surface area contributed by atoms with E-state index in [-0.39, 0.29) is 6.61 Å². The number of benzene rings is 2. The summed E-state index contributed by atoms with van der Waals surface area (Å²) in [6.07, 6.45) is 0.632. The summed E-state index contributed by atoms with van der Waals surface area (Å²) in [5.74, 6) is 0.867. The normalized spacial score (nSPS) is 10.8. The first-order valence-electron chi connectivity index (χ1n) is 6.75. The average molecular weight is 267 g/mol. The second-order valence-electron chi connectivity index (χ2n) is 4.76. The zero-order chi connectivity index (χ0) is 13.8. The van der Waals surface area contributed by atoms with Gasteiger partial charge in [-0.25, -0.2) is 0 Å². The van der Waals surface area contributed by atoms with Crippen LogP contribution in [0.15, 0.2) is 54.6 Å². The first-order valence-corrected chi connectivity index (χ1v) is 6.75. The Morgan fingerprint density at radius 2 is 1.85 bits per heavy atom. The van der Waals surface area contributed by atoms with Crippen LogP contribution in [-0.4, -0.2) is 16.7 Å². The molecule has 3 heteroatoms. The Balaban J connectivity index is 1.83. The molecule has 1 aromatic heterocycles. The van der Waals surface area contributed by atoms with Crippen LogP contribution in [-0.2, 0) is 13.0 Å². The smallest absolute Gasteiger partial charge is 0.129 e. The van der Waals surface area contributed by atoms with Gasteiger partial charge in [0, 0.05) is 29.6 Å².